The van der Waals surface area contributed by atoms with E-state index in [1.54, 1.807) is 18.2 Å². The highest BCUT2D eigenvalue weighted by atomic mass is 16.5. The standard InChI is InChI=1S/C14H15NO5/c16-13(15-4-6-19-8-11(15)14(17)18)10-1-2-12-9(7-10)3-5-20-12/h1-2,7,11H,3-6,8H2,(H,17,18)/t11-/m0/s1. The normalized spacial score (nSPS) is 21.2. The van der Waals surface area contributed by atoms with E-state index in [0.29, 0.717) is 25.3 Å². The van der Waals surface area contributed by atoms with Crippen LogP contribution in [0.25, 0.3) is 0 Å². The van der Waals surface area contributed by atoms with E-state index in [4.69, 9.17) is 14.6 Å². The fraction of sp³-hybridized carbons (Fsp3) is 0.429. The first-order valence-electron chi connectivity index (χ1n) is 6.54. The molecule has 1 saturated heterocycles. The van der Waals surface area contributed by atoms with Crippen molar-refractivity contribution in [2.45, 2.75) is 12.5 Å². The summed E-state index contributed by atoms with van der Waals surface area (Å²) >= 11 is 0. The summed E-state index contributed by atoms with van der Waals surface area (Å²) in [7, 11) is 0. The molecule has 0 radical (unpaired) electrons. The lowest BCUT2D eigenvalue weighted by Crippen LogP contribution is -2.52. The summed E-state index contributed by atoms with van der Waals surface area (Å²) in [6.07, 6.45) is 0.780. The SMILES string of the molecule is O=C(O)[C@@H]1COCCN1C(=O)c1ccc2c(c1)CCO2. The van der Waals surface area contributed by atoms with Crippen molar-refractivity contribution < 1.29 is 24.2 Å². The molecule has 2 aliphatic rings. The van der Waals surface area contributed by atoms with Gasteiger partial charge in [-0.25, -0.2) is 4.79 Å². The molecule has 2 heterocycles. The lowest BCUT2D eigenvalue weighted by molar-refractivity contribution is -0.147. The molecule has 3 rings (SSSR count). The summed E-state index contributed by atoms with van der Waals surface area (Å²) in [4.78, 5) is 25.0. The number of aliphatic carboxylic acids is 1. The van der Waals surface area contributed by atoms with Crippen LogP contribution in [0.2, 0.25) is 0 Å². The summed E-state index contributed by atoms with van der Waals surface area (Å²) in [5.74, 6) is -0.503. The summed E-state index contributed by atoms with van der Waals surface area (Å²) in [6.45, 7) is 1.32. The maximum Gasteiger partial charge on any atom is 0.328 e. The third-order valence-electron chi connectivity index (χ3n) is 3.61. The minimum absolute atomic E-state index is 0.0368. The number of carboxylic acids is 1. The van der Waals surface area contributed by atoms with Crippen LogP contribution in [0.3, 0.4) is 0 Å². The fourth-order valence-corrected chi connectivity index (χ4v) is 2.54. The average Bonchev–Trinajstić information content (AvgIpc) is 2.93. The summed E-state index contributed by atoms with van der Waals surface area (Å²) < 4.78 is 10.5. The maximum atomic E-state index is 12.5. The van der Waals surface area contributed by atoms with Gasteiger partial charge in [0.25, 0.3) is 5.91 Å². The van der Waals surface area contributed by atoms with Crippen LogP contribution in [-0.4, -0.2) is 54.3 Å². The van der Waals surface area contributed by atoms with Crippen molar-refractivity contribution in [2.75, 3.05) is 26.4 Å². The van der Waals surface area contributed by atoms with E-state index in [-0.39, 0.29) is 12.5 Å². The maximum absolute atomic E-state index is 12.5. The number of carbonyl (C=O) groups excluding carboxylic acids is 1. The van der Waals surface area contributed by atoms with E-state index in [0.717, 1.165) is 17.7 Å². The van der Waals surface area contributed by atoms with Crippen LogP contribution in [0, 0.1) is 0 Å². The monoisotopic (exact) mass is 277 g/mol. The van der Waals surface area contributed by atoms with Crippen molar-refractivity contribution in [1.82, 2.24) is 4.90 Å². The number of carboxylic acid groups (broad SMARTS) is 1. The van der Waals surface area contributed by atoms with Gasteiger partial charge >= 0.3 is 5.97 Å². The lowest BCUT2D eigenvalue weighted by atomic mass is 10.1. The smallest absolute Gasteiger partial charge is 0.328 e. The van der Waals surface area contributed by atoms with Gasteiger partial charge in [-0.3, -0.25) is 4.79 Å². The largest absolute Gasteiger partial charge is 0.493 e. The van der Waals surface area contributed by atoms with Crippen LogP contribution >= 0.6 is 0 Å². The number of morpholine rings is 1. The van der Waals surface area contributed by atoms with E-state index in [2.05, 4.69) is 0 Å². The Kier molecular flexibility index (Phi) is 3.31. The molecular formula is C14H15NO5. The van der Waals surface area contributed by atoms with Crippen LogP contribution in [0.4, 0.5) is 0 Å². The van der Waals surface area contributed by atoms with Crippen molar-refractivity contribution in [3.63, 3.8) is 0 Å². The number of fused-ring (bicyclic) bond motifs is 1. The molecule has 20 heavy (non-hydrogen) atoms. The van der Waals surface area contributed by atoms with Crippen LogP contribution in [0.1, 0.15) is 15.9 Å². The minimum atomic E-state index is -1.04. The summed E-state index contributed by atoms with van der Waals surface area (Å²) in [6, 6.07) is 4.33. The number of ether oxygens (including phenoxy) is 2. The van der Waals surface area contributed by atoms with Gasteiger partial charge in [0, 0.05) is 18.5 Å². The molecule has 0 saturated carbocycles. The van der Waals surface area contributed by atoms with Crippen LogP contribution < -0.4 is 4.74 Å². The molecule has 106 valence electrons. The first kappa shape index (κ1) is 12.9. The van der Waals surface area contributed by atoms with Crippen LogP contribution in [-0.2, 0) is 16.0 Å². The van der Waals surface area contributed by atoms with Gasteiger partial charge in [0.15, 0.2) is 6.04 Å². The minimum Gasteiger partial charge on any atom is -0.493 e. The zero-order chi connectivity index (χ0) is 14.1. The predicted octanol–water partition coefficient (Wildman–Crippen LogP) is 0.547. The zero-order valence-electron chi connectivity index (χ0n) is 10.9. The van der Waals surface area contributed by atoms with Crippen molar-refractivity contribution in [3.05, 3.63) is 29.3 Å². The van der Waals surface area contributed by atoms with E-state index in [1.165, 1.54) is 4.90 Å². The Hall–Kier alpha value is -2.08. The van der Waals surface area contributed by atoms with Gasteiger partial charge in [0.05, 0.1) is 19.8 Å². The van der Waals surface area contributed by atoms with E-state index < -0.39 is 12.0 Å². The molecule has 1 aromatic rings. The fourth-order valence-electron chi connectivity index (χ4n) is 2.54. The molecule has 6 nitrogen and oxygen atoms in total. The van der Waals surface area contributed by atoms with Crippen LogP contribution in [0.15, 0.2) is 18.2 Å². The summed E-state index contributed by atoms with van der Waals surface area (Å²) in [5, 5.41) is 9.17. The second kappa shape index (κ2) is 5.13. The second-order valence-corrected chi connectivity index (χ2v) is 4.85. The summed E-state index contributed by atoms with van der Waals surface area (Å²) in [5.41, 5.74) is 1.50. The Labute approximate surface area is 115 Å². The molecule has 1 atom stereocenters. The molecular weight excluding hydrogens is 262 g/mol. The molecule has 2 aliphatic heterocycles. The van der Waals surface area contributed by atoms with Crippen molar-refractivity contribution in [2.24, 2.45) is 0 Å². The molecule has 1 N–H and O–H groups in total. The Morgan fingerprint density at radius 3 is 2.95 bits per heavy atom. The third kappa shape index (κ3) is 2.22. The molecule has 6 heteroatoms. The van der Waals surface area contributed by atoms with Crippen molar-refractivity contribution in [1.29, 1.82) is 0 Å². The third-order valence-corrected chi connectivity index (χ3v) is 3.61. The highest BCUT2D eigenvalue weighted by molar-refractivity contribution is 5.97. The predicted molar refractivity (Wildman–Crippen MR) is 68.9 cm³/mol. The Morgan fingerprint density at radius 2 is 2.15 bits per heavy atom. The van der Waals surface area contributed by atoms with Gasteiger partial charge < -0.3 is 19.5 Å². The first-order chi connectivity index (χ1) is 9.66. The number of benzene rings is 1. The Bertz CT molecular complexity index is 556. The van der Waals surface area contributed by atoms with E-state index in [9.17, 15) is 9.59 Å². The average molecular weight is 277 g/mol. The number of rotatable bonds is 2. The Morgan fingerprint density at radius 1 is 1.30 bits per heavy atom. The first-order valence-corrected chi connectivity index (χ1v) is 6.54. The number of hydrogen-bond acceptors (Lipinski definition) is 4. The van der Waals surface area contributed by atoms with Crippen molar-refractivity contribution >= 4 is 11.9 Å². The molecule has 0 spiro atoms. The van der Waals surface area contributed by atoms with E-state index >= 15 is 0 Å². The van der Waals surface area contributed by atoms with Gasteiger partial charge in [-0.15, -0.1) is 0 Å². The van der Waals surface area contributed by atoms with Crippen molar-refractivity contribution in [3.8, 4) is 5.75 Å². The highest BCUT2D eigenvalue weighted by Crippen LogP contribution is 2.26. The molecule has 1 amide bonds. The van der Waals surface area contributed by atoms with Gasteiger partial charge in [0.2, 0.25) is 0 Å². The van der Waals surface area contributed by atoms with Gasteiger partial charge in [-0.1, -0.05) is 0 Å². The molecule has 1 aromatic carbocycles. The second-order valence-electron chi connectivity index (χ2n) is 4.85. The molecule has 0 bridgehead atoms. The molecule has 0 aliphatic carbocycles. The van der Waals surface area contributed by atoms with Gasteiger partial charge in [0.1, 0.15) is 5.75 Å². The number of hydrogen-bond donors (Lipinski definition) is 1. The number of amides is 1. The van der Waals surface area contributed by atoms with Crippen LogP contribution in [0.5, 0.6) is 5.75 Å². The molecule has 1 fully saturated rings. The molecule has 0 aromatic heterocycles. The molecule has 0 unspecified atom stereocenters. The number of carbonyl (C=O) groups is 2. The van der Waals surface area contributed by atoms with Gasteiger partial charge in [-0.05, 0) is 23.8 Å². The van der Waals surface area contributed by atoms with E-state index in [1.807, 2.05) is 0 Å². The quantitative estimate of drug-likeness (QED) is 0.854. The zero-order valence-corrected chi connectivity index (χ0v) is 10.9. The Balaban J connectivity index is 1.85. The topological polar surface area (TPSA) is 76.1 Å². The number of nitrogens with zero attached hydrogens (tertiary/aromatic N) is 1. The van der Waals surface area contributed by atoms with Gasteiger partial charge in [-0.2, -0.15) is 0 Å². The lowest BCUT2D eigenvalue weighted by Gasteiger charge is -2.32. The highest BCUT2D eigenvalue weighted by Gasteiger charge is 2.33.